The van der Waals surface area contributed by atoms with Crippen LogP contribution in [0.4, 0.5) is 21.7 Å². The lowest BCUT2D eigenvalue weighted by molar-refractivity contribution is -0.134. The number of rotatable bonds is 8. The van der Waals surface area contributed by atoms with Crippen molar-refractivity contribution >= 4 is 23.2 Å². The molecule has 2 aliphatic heterocycles. The first-order valence-electron chi connectivity index (χ1n) is 14.2. The first kappa shape index (κ1) is 27.0. The number of ether oxygens (including phenoxy) is 2. The lowest BCUT2D eigenvalue weighted by Gasteiger charge is -2.32. The van der Waals surface area contributed by atoms with Crippen LogP contribution in [-0.2, 0) is 9.53 Å². The number of carbonyl (C=O) groups excluding carboxylic acids is 1. The van der Waals surface area contributed by atoms with Crippen molar-refractivity contribution in [2.24, 2.45) is 11.8 Å². The van der Waals surface area contributed by atoms with E-state index in [1.807, 2.05) is 24.3 Å². The molecule has 3 aliphatic rings. The summed E-state index contributed by atoms with van der Waals surface area (Å²) in [6.45, 7) is 4.98. The number of nitrogens with one attached hydrogen (secondary N) is 1. The van der Waals surface area contributed by atoms with Crippen LogP contribution in [0.5, 0.6) is 5.75 Å². The Morgan fingerprint density at radius 2 is 1.85 bits per heavy atom. The number of nitriles is 1. The van der Waals surface area contributed by atoms with E-state index in [1.165, 1.54) is 0 Å². The van der Waals surface area contributed by atoms with Gasteiger partial charge < -0.3 is 24.6 Å². The van der Waals surface area contributed by atoms with Gasteiger partial charge in [-0.3, -0.25) is 4.79 Å². The zero-order valence-corrected chi connectivity index (χ0v) is 22.8. The van der Waals surface area contributed by atoms with Gasteiger partial charge in [-0.2, -0.15) is 5.26 Å². The number of benzene rings is 2. The second-order valence-corrected chi connectivity index (χ2v) is 10.8. The van der Waals surface area contributed by atoms with E-state index in [0.717, 1.165) is 56.1 Å². The molecule has 212 valence electrons. The van der Waals surface area contributed by atoms with Crippen molar-refractivity contribution in [1.29, 1.82) is 5.26 Å². The van der Waals surface area contributed by atoms with Crippen molar-refractivity contribution in [2.45, 2.75) is 25.4 Å². The van der Waals surface area contributed by atoms with Gasteiger partial charge in [0.25, 0.3) is 0 Å². The Bertz CT molecular complexity index is 1410. The van der Waals surface area contributed by atoms with E-state index in [0.29, 0.717) is 49.1 Å². The van der Waals surface area contributed by atoms with E-state index in [2.05, 4.69) is 38.4 Å². The van der Waals surface area contributed by atoms with E-state index in [9.17, 15) is 14.4 Å². The van der Waals surface area contributed by atoms with Gasteiger partial charge in [-0.05, 0) is 73.7 Å². The molecule has 2 saturated heterocycles. The normalized spacial score (nSPS) is 20.8. The molecule has 1 unspecified atom stereocenters. The lowest BCUT2D eigenvalue weighted by Crippen LogP contribution is -2.40. The molecule has 0 bridgehead atoms. The number of piperidine rings is 1. The predicted octanol–water partition coefficient (Wildman–Crippen LogP) is 4.57. The van der Waals surface area contributed by atoms with Crippen molar-refractivity contribution in [3.05, 3.63) is 60.3 Å². The van der Waals surface area contributed by atoms with Crippen LogP contribution in [-0.4, -0.2) is 72.9 Å². The molecule has 10 heteroatoms. The summed E-state index contributed by atoms with van der Waals surface area (Å²) in [7, 11) is 0. The van der Waals surface area contributed by atoms with E-state index >= 15 is 0 Å². The van der Waals surface area contributed by atoms with Crippen molar-refractivity contribution in [3.8, 4) is 23.1 Å². The molecule has 1 aromatic heterocycles. The maximum atomic E-state index is 13.2. The molecule has 1 N–H and O–H groups in total. The molecule has 6 rings (SSSR count). The number of hydrogen-bond donors (Lipinski definition) is 1. The minimum absolute atomic E-state index is 0.0519. The summed E-state index contributed by atoms with van der Waals surface area (Å²) in [5.41, 5.74) is 3.96. The van der Waals surface area contributed by atoms with Crippen molar-refractivity contribution in [2.75, 3.05) is 56.2 Å². The smallest absolute Gasteiger partial charge is 0.228 e. The highest BCUT2D eigenvalue weighted by Gasteiger charge is 2.46. The summed E-state index contributed by atoms with van der Waals surface area (Å²) in [6.07, 6.45) is 2.71. The van der Waals surface area contributed by atoms with Crippen LogP contribution in [0.15, 0.2) is 54.7 Å². The summed E-state index contributed by atoms with van der Waals surface area (Å²) >= 11 is 0. The van der Waals surface area contributed by atoms with Gasteiger partial charge in [0, 0.05) is 49.3 Å². The van der Waals surface area contributed by atoms with Crippen molar-refractivity contribution in [3.63, 3.8) is 0 Å². The monoisotopic (exact) mass is 556 g/mol. The number of hydrogen-bond acceptors (Lipinski definition) is 8. The first-order chi connectivity index (χ1) is 20.1. The quantitative estimate of drug-likeness (QED) is 0.430. The van der Waals surface area contributed by atoms with Crippen molar-refractivity contribution < 1.29 is 18.7 Å². The van der Waals surface area contributed by atoms with E-state index in [1.54, 1.807) is 23.2 Å². The molecule has 1 saturated carbocycles. The van der Waals surface area contributed by atoms with Crippen LogP contribution in [0.2, 0.25) is 0 Å². The van der Waals surface area contributed by atoms with Gasteiger partial charge >= 0.3 is 0 Å². The number of aromatic nitrogens is 2. The lowest BCUT2D eigenvalue weighted by atomic mass is 9.97. The van der Waals surface area contributed by atoms with Crippen LogP contribution in [0.1, 0.15) is 24.8 Å². The van der Waals surface area contributed by atoms with Crippen LogP contribution < -0.4 is 15.0 Å². The van der Waals surface area contributed by atoms with Crippen LogP contribution >= 0.6 is 0 Å². The number of anilines is 3. The highest BCUT2D eigenvalue weighted by Crippen LogP contribution is 2.36. The Morgan fingerprint density at radius 3 is 2.56 bits per heavy atom. The number of morpholine rings is 1. The Kier molecular flexibility index (Phi) is 7.96. The molecular weight excluding hydrogens is 523 g/mol. The fourth-order valence-electron chi connectivity index (χ4n) is 5.37. The summed E-state index contributed by atoms with van der Waals surface area (Å²) in [4.78, 5) is 25.4. The Hall–Kier alpha value is -4.23. The van der Waals surface area contributed by atoms with Gasteiger partial charge in [-0.25, -0.2) is 14.4 Å². The molecule has 0 radical (unpaired) electrons. The maximum Gasteiger partial charge on any atom is 0.228 e. The number of nitrogens with zero attached hydrogens (tertiary/aromatic N) is 5. The highest BCUT2D eigenvalue weighted by atomic mass is 19.1. The van der Waals surface area contributed by atoms with E-state index < -0.39 is 12.1 Å². The summed E-state index contributed by atoms with van der Waals surface area (Å²) in [5, 5.41) is 13.1. The molecule has 3 aromatic rings. The zero-order valence-electron chi connectivity index (χ0n) is 22.8. The molecule has 1 amide bonds. The average Bonchev–Trinajstić information content (AvgIpc) is 3.77. The second kappa shape index (κ2) is 12.1. The summed E-state index contributed by atoms with van der Waals surface area (Å²) in [5.74, 6) is 0.802. The van der Waals surface area contributed by atoms with Gasteiger partial charge in [-0.1, -0.05) is 0 Å². The fourth-order valence-corrected chi connectivity index (χ4v) is 5.37. The first-order valence-corrected chi connectivity index (χ1v) is 14.2. The standard InChI is InChI=1S/C31H33FN6O3/c32-27-18-26(27)30(39)38-11-8-21(9-12-38)20-41-29-6-1-22(17-23(29)19-33)28-7-10-34-31(36-28)35-24-2-4-25(5-3-24)37-13-15-40-16-14-37/h1-7,10,17,21,26-27H,8-9,11-16,18,20H2,(H,34,35,36)/t26?,27-/m1/s1. The van der Waals surface area contributed by atoms with Gasteiger partial charge in [-0.15, -0.1) is 0 Å². The molecule has 3 fully saturated rings. The van der Waals surface area contributed by atoms with E-state index in [4.69, 9.17) is 9.47 Å². The zero-order chi connectivity index (χ0) is 28.2. The SMILES string of the molecule is N#Cc1cc(-c2ccnc(Nc3ccc(N4CCOCC4)cc3)n2)ccc1OCC1CCN(C(=O)C2C[C@H]2F)CC1. The Morgan fingerprint density at radius 1 is 1.10 bits per heavy atom. The average molecular weight is 557 g/mol. The third-order valence-corrected chi connectivity index (χ3v) is 7.98. The Balaban J connectivity index is 1.05. The molecular formula is C31H33FN6O3. The number of alkyl halides is 1. The second-order valence-electron chi connectivity index (χ2n) is 10.8. The van der Waals surface area contributed by atoms with Gasteiger partial charge in [0.15, 0.2) is 0 Å². The number of carbonyl (C=O) groups is 1. The third kappa shape index (κ3) is 6.41. The minimum Gasteiger partial charge on any atom is -0.492 e. The number of likely N-dealkylation sites (tertiary alicyclic amines) is 1. The molecule has 9 nitrogen and oxygen atoms in total. The van der Waals surface area contributed by atoms with Gasteiger partial charge in [0.05, 0.1) is 37.0 Å². The largest absolute Gasteiger partial charge is 0.492 e. The summed E-state index contributed by atoms with van der Waals surface area (Å²) in [6, 6.07) is 17.7. The summed E-state index contributed by atoms with van der Waals surface area (Å²) < 4.78 is 24.7. The topological polar surface area (TPSA) is 104 Å². The maximum absolute atomic E-state index is 13.2. The molecule has 3 heterocycles. The Labute approximate surface area is 238 Å². The fraction of sp³-hybridized carbons (Fsp3) is 0.419. The number of halogens is 1. The van der Waals surface area contributed by atoms with Crippen LogP contribution in [0.25, 0.3) is 11.3 Å². The third-order valence-electron chi connectivity index (χ3n) is 7.98. The molecule has 0 spiro atoms. The van der Waals surface area contributed by atoms with Crippen LogP contribution in [0.3, 0.4) is 0 Å². The molecule has 1 aliphatic carbocycles. The predicted molar refractivity (Wildman–Crippen MR) is 153 cm³/mol. The number of amides is 1. The molecule has 2 atom stereocenters. The highest BCUT2D eigenvalue weighted by molar-refractivity contribution is 5.82. The molecule has 2 aromatic carbocycles. The minimum atomic E-state index is -0.959. The van der Waals surface area contributed by atoms with Gasteiger partial charge in [0.2, 0.25) is 11.9 Å². The van der Waals surface area contributed by atoms with E-state index in [-0.39, 0.29) is 11.8 Å². The molecule has 41 heavy (non-hydrogen) atoms. The van der Waals surface area contributed by atoms with Gasteiger partial charge in [0.1, 0.15) is 18.0 Å². The van der Waals surface area contributed by atoms with Crippen LogP contribution in [0, 0.1) is 23.2 Å². The van der Waals surface area contributed by atoms with Crippen molar-refractivity contribution in [1.82, 2.24) is 14.9 Å².